The van der Waals surface area contributed by atoms with Gasteiger partial charge in [-0.1, -0.05) is 77.6 Å². The van der Waals surface area contributed by atoms with Crippen LogP contribution in [-0.4, -0.2) is 17.1 Å². The molecule has 0 bridgehead atoms. The molecule has 1 aliphatic rings. The molecule has 1 atom stereocenters. The van der Waals surface area contributed by atoms with Crippen molar-refractivity contribution < 1.29 is 14.3 Å². The predicted molar refractivity (Wildman–Crippen MR) is 187 cm³/mol. The number of thiazole rings is 1. The molecule has 0 fully saturated rings. The molecule has 2 heterocycles. The number of ether oxygens (including phenoxy) is 2. The van der Waals surface area contributed by atoms with E-state index in [9.17, 15) is 9.59 Å². The number of halogens is 2. The molecule has 0 spiro atoms. The van der Waals surface area contributed by atoms with Gasteiger partial charge >= 0.3 is 5.97 Å². The number of carbonyl (C=O) groups is 1. The van der Waals surface area contributed by atoms with Crippen molar-refractivity contribution in [3.05, 3.63) is 140 Å². The predicted octanol–water partition coefficient (Wildman–Crippen LogP) is 7.21. The SMILES string of the molecule is CCOC(=O)C1=C(C)N=c2s/c(=C/c3cc(Br)c(OCc4ccc5ccccc5c4)c(I)c3)c(=O)n2[C@@H]1c1ccc(C)cc1. The van der Waals surface area contributed by atoms with E-state index in [0.717, 1.165) is 36.0 Å². The van der Waals surface area contributed by atoms with Gasteiger partial charge in [0.25, 0.3) is 5.56 Å². The number of fused-ring (bicyclic) bond motifs is 2. The van der Waals surface area contributed by atoms with Gasteiger partial charge < -0.3 is 9.47 Å². The van der Waals surface area contributed by atoms with Crippen LogP contribution in [0.5, 0.6) is 5.75 Å². The zero-order valence-corrected chi connectivity index (χ0v) is 28.8. The van der Waals surface area contributed by atoms with Crippen molar-refractivity contribution >= 4 is 72.7 Å². The Labute approximate surface area is 280 Å². The van der Waals surface area contributed by atoms with Gasteiger partial charge in [-0.3, -0.25) is 9.36 Å². The van der Waals surface area contributed by atoms with Gasteiger partial charge in [-0.15, -0.1) is 0 Å². The minimum absolute atomic E-state index is 0.212. The lowest BCUT2D eigenvalue weighted by atomic mass is 9.95. The van der Waals surface area contributed by atoms with Crippen molar-refractivity contribution in [2.75, 3.05) is 6.61 Å². The summed E-state index contributed by atoms with van der Waals surface area (Å²) in [5, 5.41) is 2.37. The maximum absolute atomic E-state index is 14.0. The van der Waals surface area contributed by atoms with E-state index >= 15 is 0 Å². The summed E-state index contributed by atoms with van der Waals surface area (Å²) >= 11 is 7.25. The van der Waals surface area contributed by atoms with Gasteiger partial charge in [-0.25, -0.2) is 9.79 Å². The van der Waals surface area contributed by atoms with Crippen molar-refractivity contribution in [2.45, 2.75) is 33.4 Å². The average Bonchev–Trinajstić information content (AvgIpc) is 3.30. The van der Waals surface area contributed by atoms with E-state index in [1.807, 2.05) is 61.5 Å². The van der Waals surface area contributed by atoms with Gasteiger partial charge in [0.15, 0.2) is 4.80 Å². The number of hydrogen-bond acceptors (Lipinski definition) is 6. The van der Waals surface area contributed by atoms with Gasteiger partial charge in [-0.05, 0) is 111 Å². The van der Waals surface area contributed by atoms with Crippen LogP contribution < -0.4 is 19.6 Å². The first-order valence-corrected chi connectivity index (χ1v) is 16.8. The van der Waals surface area contributed by atoms with Crippen LogP contribution >= 0.6 is 49.9 Å². The first kappa shape index (κ1) is 30.5. The van der Waals surface area contributed by atoms with Gasteiger partial charge in [-0.2, -0.15) is 0 Å². The Hall–Kier alpha value is -3.54. The van der Waals surface area contributed by atoms with Crippen LogP contribution in [0.2, 0.25) is 0 Å². The third-order valence-corrected chi connectivity index (χ3v) is 9.80. The van der Waals surface area contributed by atoms with Gasteiger partial charge in [0, 0.05) is 0 Å². The maximum atomic E-state index is 14.0. The lowest BCUT2D eigenvalue weighted by Gasteiger charge is -2.24. The second-order valence-corrected chi connectivity index (χ2v) is 13.5. The summed E-state index contributed by atoms with van der Waals surface area (Å²) in [6.45, 7) is 6.22. The molecule has 6 nitrogen and oxygen atoms in total. The highest BCUT2D eigenvalue weighted by molar-refractivity contribution is 14.1. The van der Waals surface area contributed by atoms with E-state index in [1.165, 1.54) is 22.1 Å². The summed E-state index contributed by atoms with van der Waals surface area (Å²) < 4.78 is 15.5. The fourth-order valence-corrected chi connectivity index (χ4v) is 8.11. The van der Waals surface area contributed by atoms with Crippen LogP contribution in [0.15, 0.2) is 104 Å². The van der Waals surface area contributed by atoms with Crippen LogP contribution in [0.1, 0.15) is 42.1 Å². The van der Waals surface area contributed by atoms with Crippen LogP contribution in [0.25, 0.3) is 16.8 Å². The van der Waals surface area contributed by atoms with Crippen LogP contribution in [-0.2, 0) is 16.1 Å². The molecule has 9 heteroatoms. The van der Waals surface area contributed by atoms with E-state index in [-0.39, 0.29) is 12.2 Å². The molecule has 5 aromatic rings. The molecular weight excluding hydrogens is 751 g/mol. The lowest BCUT2D eigenvalue weighted by molar-refractivity contribution is -0.139. The van der Waals surface area contributed by atoms with Gasteiger partial charge in [0.05, 0.1) is 36.5 Å². The lowest BCUT2D eigenvalue weighted by Crippen LogP contribution is -2.39. The third-order valence-electron chi connectivity index (χ3n) is 7.43. The number of allylic oxidation sites excluding steroid dienone is 1. The smallest absolute Gasteiger partial charge is 0.338 e. The number of aryl methyl sites for hydroxylation is 1. The minimum atomic E-state index is -0.634. The van der Waals surface area contributed by atoms with Gasteiger partial charge in [0.2, 0.25) is 0 Å². The molecule has 0 radical (unpaired) electrons. The van der Waals surface area contributed by atoms with Crippen molar-refractivity contribution in [1.82, 2.24) is 4.57 Å². The molecule has 0 N–H and O–H groups in total. The number of rotatable bonds is 7. The third kappa shape index (κ3) is 6.05. The number of carbonyl (C=O) groups excluding carboxylic acids is 1. The quantitative estimate of drug-likeness (QED) is 0.130. The van der Waals surface area contributed by atoms with E-state index in [1.54, 1.807) is 18.4 Å². The number of benzene rings is 4. The Kier molecular flexibility index (Phi) is 8.89. The summed E-state index contributed by atoms with van der Waals surface area (Å²) in [5.41, 5.74) is 4.55. The largest absolute Gasteiger partial charge is 0.487 e. The fourth-order valence-electron chi connectivity index (χ4n) is 5.29. The summed E-state index contributed by atoms with van der Waals surface area (Å²) in [4.78, 5) is 32.3. The maximum Gasteiger partial charge on any atom is 0.338 e. The van der Waals surface area contributed by atoms with Crippen LogP contribution in [0.3, 0.4) is 0 Å². The Balaban J connectivity index is 1.35. The van der Waals surface area contributed by atoms with E-state index in [0.29, 0.717) is 27.2 Å². The number of esters is 1. The normalized spacial score (nSPS) is 14.8. The minimum Gasteiger partial charge on any atom is -0.487 e. The van der Waals surface area contributed by atoms with Crippen molar-refractivity contribution in [1.29, 1.82) is 0 Å². The number of nitrogens with zero attached hydrogens (tertiary/aromatic N) is 2. The van der Waals surface area contributed by atoms with Gasteiger partial charge in [0.1, 0.15) is 12.4 Å². The molecule has 222 valence electrons. The molecule has 0 amide bonds. The van der Waals surface area contributed by atoms with Crippen molar-refractivity contribution in [3.63, 3.8) is 0 Å². The topological polar surface area (TPSA) is 69.9 Å². The standard InChI is InChI=1S/C35H28BrIN2O4S/c1-4-42-34(41)30-21(3)38-35-39(31(30)25-12-9-20(2)10-13-25)33(40)29(44-35)18-23-16-27(36)32(28(37)17-23)43-19-22-11-14-24-7-5-6-8-26(24)15-22/h5-18,31H,4,19H2,1-3H3/b29-18+/t31-/m1/s1. The average molecular weight is 779 g/mol. The molecule has 6 rings (SSSR count). The zero-order valence-electron chi connectivity index (χ0n) is 24.3. The molecular formula is C35H28BrIN2O4S. The number of hydrogen-bond donors (Lipinski definition) is 0. The van der Waals surface area contributed by atoms with Crippen LogP contribution in [0, 0.1) is 10.5 Å². The molecule has 44 heavy (non-hydrogen) atoms. The summed E-state index contributed by atoms with van der Waals surface area (Å²) in [5.74, 6) is 0.276. The highest BCUT2D eigenvalue weighted by atomic mass is 127. The summed E-state index contributed by atoms with van der Waals surface area (Å²) in [7, 11) is 0. The molecule has 0 saturated carbocycles. The molecule has 4 aromatic carbocycles. The Bertz CT molecular complexity index is 2110. The molecule has 1 aromatic heterocycles. The molecule has 0 aliphatic carbocycles. The second-order valence-electron chi connectivity index (χ2n) is 10.5. The molecule has 0 unspecified atom stereocenters. The molecule has 0 saturated heterocycles. The van der Waals surface area contributed by atoms with Crippen molar-refractivity contribution in [3.8, 4) is 5.75 Å². The summed E-state index contributed by atoms with van der Waals surface area (Å²) in [6, 6.07) is 25.7. The van der Waals surface area contributed by atoms with Crippen LogP contribution in [0.4, 0.5) is 0 Å². The first-order valence-electron chi connectivity index (χ1n) is 14.1. The Morgan fingerprint density at radius 1 is 1.05 bits per heavy atom. The van der Waals surface area contributed by atoms with E-state index in [2.05, 4.69) is 73.8 Å². The monoisotopic (exact) mass is 778 g/mol. The first-order chi connectivity index (χ1) is 21.2. The highest BCUT2D eigenvalue weighted by Crippen LogP contribution is 2.34. The highest BCUT2D eigenvalue weighted by Gasteiger charge is 2.33. The van der Waals surface area contributed by atoms with Crippen molar-refractivity contribution in [2.24, 2.45) is 4.99 Å². The molecule has 1 aliphatic heterocycles. The fraction of sp³-hybridized carbons (Fsp3) is 0.171. The Morgan fingerprint density at radius 3 is 2.52 bits per heavy atom. The Morgan fingerprint density at radius 2 is 1.80 bits per heavy atom. The second kappa shape index (κ2) is 12.8. The number of aromatic nitrogens is 1. The van der Waals surface area contributed by atoms with E-state index < -0.39 is 12.0 Å². The zero-order chi connectivity index (χ0) is 31.0. The summed E-state index contributed by atoms with van der Waals surface area (Å²) in [6.07, 6.45) is 1.86. The van der Waals surface area contributed by atoms with E-state index in [4.69, 9.17) is 9.47 Å².